The molecule has 2 N–H and O–H groups in total. The van der Waals surface area contributed by atoms with Gasteiger partial charge in [-0.15, -0.1) is 11.8 Å². The first kappa shape index (κ1) is 13.9. The van der Waals surface area contributed by atoms with E-state index in [4.69, 9.17) is 5.73 Å². The quantitative estimate of drug-likeness (QED) is 0.573. The topological polar surface area (TPSA) is 26.0 Å². The predicted octanol–water partition coefficient (Wildman–Crippen LogP) is 5.23. The molecule has 2 aromatic carbocycles. The molecule has 0 radical (unpaired) electrons. The molecule has 94 valence electrons. The molecule has 0 fully saturated rings. The van der Waals surface area contributed by atoms with Gasteiger partial charge in [-0.2, -0.15) is 0 Å². The van der Waals surface area contributed by atoms with Crippen molar-refractivity contribution in [2.75, 3.05) is 5.73 Å². The van der Waals surface area contributed by atoms with Gasteiger partial charge in [0.05, 0.1) is 4.47 Å². The number of nitrogen functional groups attached to an aromatic ring is 1. The van der Waals surface area contributed by atoms with Crippen molar-refractivity contribution in [1.29, 1.82) is 0 Å². The molecular formula is C13H10Br2FNS. The fraction of sp³-hybridized carbons (Fsp3) is 0.0769. The van der Waals surface area contributed by atoms with Gasteiger partial charge in [0, 0.05) is 20.8 Å². The zero-order chi connectivity index (χ0) is 13.1. The second kappa shape index (κ2) is 6.08. The summed E-state index contributed by atoms with van der Waals surface area (Å²) in [6, 6.07) is 10.8. The van der Waals surface area contributed by atoms with Crippen molar-refractivity contribution in [2.45, 2.75) is 10.6 Å². The van der Waals surface area contributed by atoms with Crippen molar-refractivity contribution in [1.82, 2.24) is 0 Å². The molecule has 0 aromatic heterocycles. The highest BCUT2D eigenvalue weighted by atomic mass is 79.9. The third-order valence-corrected chi connectivity index (χ3v) is 4.91. The van der Waals surface area contributed by atoms with Crippen LogP contribution in [0.5, 0.6) is 0 Å². The van der Waals surface area contributed by atoms with Crippen LogP contribution in [0, 0.1) is 5.82 Å². The zero-order valence-corrected chi connectivity index (χ0v) is 13.3. The molecule has 0 saturated heterocycles. The number of benzene rings is 2. The molecule has 2 aromatic rings. The molecule has 0 amide bonds. The van der Waals surface area contributed by atoms with Crippen molar-refractivity contribution >= 4 is 49.3 Å². The molecule has 0 aliphatic heterocycles. The summed E-state index contributed by atoms with van der Waals surface area (Å²) in [7, 11) is 0. The molecule has 0 aliphatic carbocycles. The Morgan fingerprint density at radius 2 is 1.94 bits per heavy atom. The maximum absolute atomic E-state index is 13.4. The van der Waals surface area contributed by atoms with E-state index in [0.717, 1.165) is 20.6 Å². The van der Waals surface area contributed by atoms with Gasteiger partial charge in [-0.25, -0.2) is 4.39 Å². The maximum Gasteiger partial charge on any atom is 0.137 e. The minimum atomic E-state index is -0.239. The fourth-order valence-corrected chi connectivity index (χ4v) is 3.38. The minimum Gasteiger partial charge on any atom is -0.398 e. The Kier molecular flexibility index (Phi) is 4.70. The normalized spacial score (nSPS) is 10.6. The summed E-state index contributed by atoms with van der Waals surface area (Å²) in [5, 5.41) is 0. The number of nitrogens with two attached hydrogens (primary N) is 1. The first-order chi connectivity index (χ1) is 8.58. The second-order valence-electron chi connectivity index (χ2n) is 3.68. The van der Waals surface area contributed by atoms with E-state index in [1.165, 1.54) is 6.07 Å². The van der Waals surface area contributed by atoms with E-state index in [9.17, 15) is 4.39 Å². The highest BCUT2D eigenvalue weighted by Gasteiger charge is 2.07. The monoisotopic (exact) mass is 389 g/mol. The number of hydrogen-bond donors (Lipinski definition) is 1. The first-order valence-electron chi connectivity index (χ1n) is 5.18. The van der Waals surface area contributed by atoms with Crippen molar-refractivity contribution in [3.8, 4) is 0 Å². The van der Waals surface area contributed by atoms with Crippen LogP contribution >= 0.6 is 43.6 Å². The van der Waals surface area contributed by atoms with Gasteiger partial charge in [0.15, 0.2) is 0 Å². The van der Waals surface area contributed by atoms with Crippen LogP contribution in [0.1, 0.15) is 5.56 Å². The van der Waals surface area contributed by atoms with E-state index in [1.54, 1.807) is 17.8 Å². The smallest absolute Gasteiger partial charge is 0.137 e. The van der Waals surface area contributed by atoms with Gasteiger partial charge in [-0.1, -0.05) is 28.1 Å². The van der Waals surface area contributed by atoms with Crippen LogP contribution in [0.4, 0.5) is 10.1 Å². The lowest BCUT2D eigenvalue weighted by Crippen LogP contribution is -1.90. The molecule has 0 atom stereocenters. The van der Waals surface area contributed by atoms with Gasteiger partial charge >= 0.3 is 0 Å². The lowest BCUT2D eigenvalue weighted by molar-refractivity contribution is 0.619. The summed E-state index contributed by atoms with van der Waals surface area (Å²) in [5.74, 6) is 0.432. The molecule has 0 heterocycles. The van der Waals surface area contributed by atoms with Crippen molar-refractivity contribution < 1.29 is 4.39 Å². The number of rotatable bonds is 3. The summed E-state index contributed by atoms with van der Waals surface area (Å²) in [6.07, 6.45) is 0. The first-order valence-corrected chi connectivity index (χ1v) is 7.76. The second-order valence-corrected chi connectivity index (χ2v) is 6.41. The van der Waals surface area contributed by atoms with Gasteiger partial charge in [0.25, 0.3) is 0 Å². The number of hydrogen-bond acceptors (Lipinski definition) is 2. The van der Waals surface area contributed by atoms with Crippen LogP contribution < -0.4 is 5.73 Å². The lowest BCUT2D eigenvalue weighted by Gasteiger charge is -2.07. The van der Waals surface area contributed by atoms with Crippen molar-refractivity contribution in [2.24, 2.45) is 0 Å². The molecule has 18 heavy (non-hydrogen) atoms. The average Bonchev–Trinajstić information content (AvgIpc) is 2.33. The Bertz CT molecular complexity index is 575. The maximum atomic E-state index is 13.4. The summed E-state index contributed by atoms with van der Waals surface area (Å²) < 4.78 is 14.8. The molecule has 0 aliphatic rings. The van der Waals surface area contributed by atoms with Crippen LogP contribution in [0.25, 0.3) is 0 Å². The highest BCUT2D eigenvalue weighted by molar-refractivity contribution is 9.10. The van der Waals surface area contributed by atoms with E-state index >= 15 is 0 Å². The Morgan fingerprint density at radius 1 is 1.17 bits per heavy atom. The number of thioether (sulfide) groups is 1. The largest absolute Gasteiger partial charge is 0.398 e. The Balaban J connectivity index is 2.14. The van der Waals surface area contributed by atoms with Crippen molar-refractivity contribution in [3.63, 3.8) is 0 Å². The number of anilines is 1. The van der Waals surface area contributed by atoms with Gasteiger partial charge in [-0.05, 0) is 45.8 Å². The molecule has 0 spiro atoms. The summed E-state index contributed by atoms with van der Waals surface area (Å²) in [6.45, 7) is 0. The summed E-state index contributed by atoms with van der Waals surface area (Å²) in [5.41, 5.74) is 7.56. The summed E-state index contributed by atoms with van der Waals surface area (Å²) in [4.78, 5) is 0.995. The van der Waals surface area contributed by atoms with E-state index in [-0.39, 0.29) is 5.82 Å². The van der Waals surface area contributed by atoms with Crippen LogP contribution in [-0.4, -0.2) is 0 Å². The SMILES string of the molecule is Nc1cc(Br)ccc1SCc1cccc(F)c1Br. The lowest BCUT2D eigenvalue weighted by atomic mass is 10.2. The molecule has 2 rings (SSSR count). The van der Waals surface area contributed by atoms with Gasteiger partial charge in [-0.3, -0.25) is 0 Å². The van der Waals surface area contributed by atoms with E-state index in [1.807, 2.05) is 24.3 Å². The van der Waals surface area contributed by atoms with Crippen LogP contribution in [0.15, 0.2) is 50.2 Å². The molecule has 5 heteroatoms. The zero-order valence-electron chi connectivity index (χ0n) is 9.29. The van der Waals surface area contributed by atoms with Gasteiger partial charge in [0.2, 0.25) is 0 Å². The van der Waals surface area contributed by atoms with E-state index < -0.39 is 0 Å². The molecular weight excluding hydrogens is 381 g/mol. The van der Waals surface area contributed by atoms with Crippen LogP contribution in [0.3, 0.4) is 0 Å². The third-order valence-electron chi connectivity index (χ3n) is 2.39. The van der Waals surface area contributed by atoms with Crippen LogP contribution in [-0.2, 0) is 5.75 Å². The minimum absolute atomic E-state index is 0.239. The van der Waals surface area contributed by atoms with E-state index in [0.29, 0.717) is 10.2 Å². The average molecular weight is 391 g/mol. The van der Waals surface area contributed by atoms with Gasteiger partial charge in [0.1, 0.15) is 5.82 Å². The predicted molar refractivity (Wildman–Crippen MR) is 82.2 cm³/mol. The fourth-order valence-electron chi connectivity index (χ4n) is 1.47. The van der Waals surface area contributed by atoms with Gasteiger partial charge < -0.3 is 5.73 Å². The molecule has 0 bridgehead atoms. The number of halogens is 3. The van der Waals surface area contributed by atoms with Crippen molar-refractivity contribution in [3.05, 3.63) is 56.7 Å². The Hall–Kier alpha value is -0.520. The van der Waals surface area contributed by atoms with Crippen LogP contribution in [0.2, 0.25) is 0 Å². The third kappa shape index (κ3) is 3.28. The summed E-state index contributed by atoms with van der Waals surface area (Å²) >= 11 is 8.21. The molecule has 0 unspecified atom stereocenters. The standard InChI is InChI=1S/C13H10Br2FNS/c14-9-4-5-12(11(17)6-9)18-7-8-2-1-3-10(16)13(8)15/h1-6H,7,17H2. The molecule has 0 saturated carbocycles. The van der Waals surface area contributed by atoms with E-state index in [2.05, 4.69) is 31.9 Å². The Labute approximate surface area is 126 Å². The highest BCUT2D eigenvalue weighted by Crippen LogP contribution is 2.32. The molecule has 1 nitrogen and oxygen atoms in total. The Morgan fingerprint density at radius 3 is 2.67 bits per heavy atom.